The number of nitrogen functional groups attached to an aromatic ring is 1. The van der Waals surface area contributed by atoms with Gasteiger partial charge in [0, 0.05) is 19.7 Å². The summed E-state index contributed by atoms with van der Waals surface area (Å²) in [5.41, 5.74) is 8.96. The van der Waals surface area contributed by atoms with Crippen LogP contribution in [0.25, 0.3) is 11.3 Å². The third-order valence-electron chi connectivity index (χ3n) is 4.29. The normalized spacial score (nSPS) is 10.8. The predicted molar refractivity (Wildman–Crippen MR) is 117 cm³/mol. The number of ether oxygens (including phenoxy) is 2. The summed E-state index contributed by atoms with van der Waals surface area (Å²) in [4.78, 5) is 17.8. The largest absolute Gasteiger partial charge is 0.491 e. The molecule has 0 atom stereocenters. The second-order valence-corrected chi connectivity index (χ2v) is 7.91. The smallest absolute Gasteiger partial charge is 0.410 e. The van der Waals surface area contributed by atoms with Gasteiger partial charge >= 0.3 is 6.09 Å². The Kier molecular flexibility index (Phi) is 7.11. The van der Waals surface area contributed by atoms with E-state index in [9.17, 15) is 10.1 Å². The van der Waals surface area contributed by atoms with E-state index in [1.165, 1.54) is 4.90 Å². The summed E-state index contributed by atoms with van der Waals surface area (Å²) in [5.74, 6) is 0.709. The minimum absolute atomic E-state index is 0.181. The zero-order valence-electron chi connectivity index (χ0n) is 18.4. The van der Waals surface area contributed by atoms with E-state index >= 15 is 0 Å². The summed E-state index contributed by atoms with van der Waals surface area (Å²) in [6, 6.07) is 9.49. The molecule has 0 unspecified atom stereocenters. The molecule has 0 aliphatic rings. The van der Waals surface area contributed by atoms with E-state index in [1.54, 1.807) is 20.2 Å². The van der Waals surface area contributed by atoms with Crippen molar-refractivity contribution in [3.63, 3.8) is 0 Å². The maximum Gasteiger partial charge on any atom is 0.410 e. The number of carbonyl (C=O) groups is 1. The molecule has 0 fully saturated rings. The zero-order chi connectivity index (χ0) is 22.5. The monoisotopic (exact) mass is 411 g/mol. The van der Waals surface area contributed by atoms with Gasteiger partial charge in [0.05, 0.1) is 23.6 Å². The Hall–Kier alpha value is -3.47. The summed E-state index contributed by atoms with van der Waals surface area (Å²) in [5, 5.41) is 12.3. The number of pyridine rings is 1. The van der Waals surface area contributed by atoms with Crippen LogP contribution in [-0.4, -0.2) is 48.8 Å². The number of likely N-dealkylation sites (N-methyl/N-ethyl adjacent to an activating group) is 1. The third-order valence-corrected chi connectivity index (χ3v) is 4.29. The Morgan fingerprint density at radius 1 is 1.33 bits per heavy atom. The molecule has 1 amide bonds. The van der Waals surface area contributed by atoms with Gasteiger partial charge in [-0.15, -0.1) is 0 Å². The highest BCUT2D eigenvalue weighted by Crippen LogP contribution is 2.30. The van der Waals surface area contributed by atoms with Crippen LogP contribution in [-0.2, 0) is 4.74 Å². The number of hydrogen-bond donors (Lipinski definition) is 2. The molecule has 30 heavy (non-hydrogen) atoms. The van der Waals surface area contributed by atoms with Crippen LogP contribution in [0.1, 0.15) is 32.0 Å². The Balaban J connectivity index is 2.08. The molecule has 2 aromatic rings. The van der Waals surface area contributed by atoms with Crippen LogP contribution in [0.15, 0.2) is 24.3 Å². The Morgan fingerprint density at radius 3 is 2.60 bits per heavy atom. The molecule has 1 heterocycles. The molecule has 0 saturated carbocycles. The zero-order valence-corrected chi connectivity index (χ0v) is 18.4. The third kappa shape index (κ3) is 5.77. The number of hydrogen-bond acceptors (Lipinski definition) is 7. The minimum Gasteiger partial charge on any atom is -0.491 e. The molecule has 0 aliphatic heterocycles. The van der Waals surface area contributed by atoms with E-state index in [2.05, 4.69) is 10.3 Å². The summed E-state index contributed by atoms with van der Waals surface area (Å²) in [6.45, 7) is 8.14. The molecular weight excluding hydrogens is 382 g/mol. The van der Waals surface area contributed by atoms with Gasteiger partial charge in [-0.1, -0.05) is 0 Å². The molecule has 3 N–H and O–H groups in total. The van der Waals surface area contributed by atoms with Crippen molar-refractivity contribution in [1.82, 2.24) is 9.88 Å². The average Bonchev–Trinajstić information content (AvgIpc) is 2.67. The van der Waals surface area contributed by atoms with Crippen LogP contribution < -0.4 is 15.8 Å². The van der Waals surface area contributed by atoms with E-state index in [0.29, 0.717) is 36.0 Å². The second kappa shape index (κ2) is 9.35. The molecule has 1 aromatic heterocycles. The van der Waals surface area contributed by atoms with Crippen molar-refractivity contribution in [3.8, 4) is 23.1 Å². The number of nitrogens with one attached hydrogen (secondary N) is 1. The number of nitrogens with zero attached hydrogens (tertiary/aromatic N) is 3. The van der Waals surface area contributed by atoms with Crippen LogP contribution in [0.5, 0.6) is 5.75 Å². The van der Waals surface area contributed by atoms with Crippen LogP contribution in [0.2, 0.25) is 0 Å². The second-order valence-electron chi connectivity index (χ2n) is 7.91. The van der Waals surface area contributed by atoms with Gasteiger partial charge in [0.1, 0.15) is 24.0 Å². The maximum atomic E-state index is 12.0. The molecule has 1 aromatic carbocycles. The SMILES string of the molecule is CNc1cc(-c2ccc(OCCN(C)C(=O)OC(C)(C)C)c(C)c2)nc(C#N)c1N. The first-order valence-electron chi connectivity index (χ1n) is 9.62. The molecule has 2 rings (SSSR count). The van der Waals surface area contributed by atoms with Gasteiger partial charge in [0.2, 0.25) is 0 Å². The molecule has 160 valence electrons. The van der Waals surface area contributed by atoms with Crippen molar-refractivity contribution in [2.24, 2.45) is 0 Å². The van der Waals surface area contributed by atoms with Crippen LogP contribution in [0.3, 0.4) is 0 Å². The molecule has 0 spiro atoms. The lowest BCUT2D eigenvalue weighted by atomic mass is 10.1. The van der Waals surface area contributed by atoms with E-state index < -0.39 is 5.60 Å². The Bertz CT molecular complexity index is 960. The number of amides is 1. The summed E-state index contributed by atoms with van der Waals surface area (Å²) >= 11 is 0. The van der Waals surface area contributed by atoms with Gasteiger partial charge < -0.3 is 25.4 Å². The summed E-state index contributed by atoms with van der Waals surface area (Å²) in [7, 11) is 3.42. The first kappa shape index (κ1) is 22.8. The van der Waals surface area contributed by atoms with Crippen molar-refractivity contribution >= 4 is 17.5 Å². The van der Waals surface area contributed by atoms with E-state index in [1.807, 2.05) is 52.0 Å². The fraction of sp³-hybridized carbons (Fsp3) is 0.409. The lowest BCUT2D eigenvalue weighted by Crippen LogP contribution is -2.36. The summed E-state index contributed by atoms with van der Waals surface area (Å²) in [6.07, 6.45) is -0.388. The number of anilines is 2. The van der Waals surface area contributed by atoms with Gasteiger partial charge in [-0.3, -0.25) is 0 Å². The van der Waals surface area contributed by atoms with Crippen molar-refractivity contribution in [3.05, 3.63) is 35.5 Å². The number of aromatic nitrogens is 1. The highest BCUT2D eigenvalue weighted by molar-refractivity contribution is 5.77. The van der Waals surface area contributed by atoms with Gasteiger partial charge in [-0.05, 0) is 57.5 Å². The predicted octanol–water partition coefficient (Wildman–Crippen LogP) is 3.80. The highest BCUT2D eigenvalue weighted by atomic mass is 16.6. The molecule has 8 nitrogen and oxygen atoms in total. The number of nitrogens with two attached hydrogens (primary N) is 1. The van der Waals surface area contributed by atoms with E-state index in [4.69, 9.17) is 15.2 Å². The lowest BCUT2D eigenvalue weighted by molar-refractivity contribution is 0.0278. The quantitative estimate of drug-likeness (QED) is 0.743. The van der Waals surface area contributed by atoms with Gasteiger partial charge in [-0.25, -0.2) is 9.78 Å². The van der Waals surface area contributed by atoms with Gasteiger partial charge in [-0.2, -0.15) is 5.26 Å². The molecule has 8 heteroatoms. The molecular formula is C22H29N5O3. The number of carbonyl (C=O) groups excluding carboxylic acids is 1. The highest BCUT2D eigenvalue weighted by Gasteiger charge is 2.19. The fourth-order valence-electron chi connectivity index (χ4n) is 2.69. The Labute approximate surface area is 177 Å². The first-order chi connectivity index (χ1) is 14.1. The van der Waals surface area contributed by atoms with Crippen molar-refractivity contribution in [2.45, 2.75) is 33.3 Å². The van der Waals surface area contributed by atoms with Crippen molar-refractivity contribution < 1.29 is 14.3 Å². The van der Waals surface area contributed by atoms with Gasteiger partial charge in [0.15, 0.2) is 5.69 Å². The molecule has 0 aliphatic carbocycles. The Morgan fingerprint density at radius 2 is 2.03 bits per heavy atom. The van der Waals surface area contributed by atoms with Crippen LogP contribution >= 0.6 is 0 Å². The summed E-state index contributed by atoms with van der Waals surface area (Å²) < 4.78 is 11.2. The van der Waals surface area contributed by atoms with E-state index in [0.717, 1.165) is 11.1 Å². The fourth-order valence-corrected chi connectivity index (χ4v) is 2.69. The molecule has 0 radical (unpaired) electrons. The standard InChI is InChI=1S/C22H29N5O3/c1-14-11-15(16-12-17(25-5)20(24)18(13-23)26-16)7-8-19(14)29-10-9-27(6)21(28)30-22(2,3)4/h7-8,11-12H,9-10,24H2,1-6H3,(H,25,26). The van der Waals surface area contributed by atoms with Crippen molar-refractivity contribution in [1.29, 1.82) is 5.26 Å². The van der Waals surface area contributed by atoms with E-state index in [-0.39, 0.29) is 11.8 Å². The number of aryl methyl sites for hydroxylation is 1. The average molecular weight is 412 g/mol. The van der Waals surface area contributed by atoms with Crippen LogP contribution in [0, 0.1) is 18.3 Å². The molecule has 0 saturated heterocycles. The van der Waals surface area contributed by atoms with Crippen molar-refractivity contribution in [2.75, 3.05) is 38.3 Å². The molecule has 0 bridgehead atoms. The number of rotatable bonds is 6. The minimum atomic E-state index is -0.534. The van der Waals surface area contributed by atoms with Crippen LogP contribution in [0.4, 0.5) is 16.2 Å². The number of benzene rings is 1. The number of nitriles is 1. The first-order valence-corrected chi connectivity index (χ1v) is 9.62. The maximum absolute atomic E-state index is 12.0. The van der Waals surface area contributed by atoms with Gasteiger partial charge in [0.25, 0.3) is 0 Å². The lowest BCUT2D eigenvalue weighted by Gasteiger charge is -2.24. The topological polar surface area (TPSA) is 113 Å².